The molecule has 0 fully saturated rings. The van der Waals surface area contributed by atoms with Crippen LogP contribution in [0.1, 0.15) is 28.8 Å². The lowest BCUT2D eigenvalue weighted by atomic mass is 10.1. The molecule has 4 nitrogen and oxygen atoms in total. The highest BCUT2D eigenvalue weighted by atomic mass is 35.7. The summed E-state index contributed by atoms with van der Waals surface area (Å²) in [6.07, 6.45) is -5.52. The van der Waals surface area contributed by atoms with Gasteiger partial charge in [0.2, 0.25) is 0 Å². The zero-order chi connectivity index (χ0) is 16.3. The van der Waals surface area contributed by atoms with Crippen molar-refractivity contribution in [3.8, 4) is 0 Å². The second-order valence-electron chi connectivity index (χ2n) is 4.45. The standard InChI is InChI=1S/C12H13ClF3NO3S/c1-8-5-9(7-10(6-8)21(13,19)20)11(18)17-4-2-3-12(14,15)16/h5-7H,2-4H2,1H3,(H,17,18). The van der Waals surface area contributed by atoms with Crippen LogP contribution in [0.5, 0.6) is 0 Å². The van der Waals surface area contributed by atoms with Gasteiger partial charge in [-0.05, 0) is 37.1 Å². The van der Waals surface area contributed by atoms with Crippen LogP contribution in [0.25, 0.3) is 0 Å². The van der Waals surface area contributed by atoms with Gasteiger partial charge >= 0.3 is 6.18 Å². The van der Waals surface area contributed by atoms with Gasteiger partial charge in [0.05, 0.1) is 4.90 Å². The van der Waals surface area contributed by atoms with Crippen molar-refractivity contribution < 1.29 is 26.4 Å². The maximum atomic E-state index is 11.9. The summed E-state index contributed by atoms with van der Waals surface area (Å²) in [4.78, 5) is 11.5. The molecule has 0 spiro atoms. The van der Waals surface area contributed by atoms with E-state index in [1.54, 1.807) is 6.92 Å². The maximum absolute atomic E-state index is 11.9. The third-order valence-electron chi connectivity index (χ3n) is 2.52. The van der Waals surface area contributed by atoms with Crippen molar-refractivity contribution in [2.45, 2.75) is 30.8 Å². The fraction of sp³-hybridized carbons (Fsp3) is 0.417. The second-order valence-corrected chi connectivity index (χ2v) is 7.01. The van der Waals surface area contributed by atoms with Crippen LogP contribution >= 0.6 is 10.7 Å². The molecule has 1 rings (SSSR count). The van der Waals surface area contributed by atoms with Crippen LogP contribution in [0.15, 0.2) is 23.1 Å². The number of amides is 1. The summed E-state index contributed by atoms with van der Waals surface area (Å²) in [5, 5.41) is 2.30. The van der Waals surface area contributed by atoms with Gasteiger partial charge in [-0.2, -0.15) is 13.2 Å². The van der Waals surface area contributed by atoms with E-state index in [2.05, 4.69) is 5.32 Å². The van der Waals surface area contributed by atoms with E-state index in [0.29, 0.717) is 5.56 Å². The van der Waals surface area contributed by atoms with Gasteiger partial charge in [-0.1, -0.05) is 0 Å². The van der Waals surface area contributed by atoms with E-state index in [0.717, 1.165) is 6.07 Å². The Morgan fingerprint density at radius 1 is 1.29 bits per heavy atom. The van der Waals surface area contributed by atoms with Crippen LogP contribution in [-0.4, -0.2) is 27.0 Å². The lowest BCUT2D eigenvalue weighted by molar-refractivity contribution is -0.135. The molecule has 0 saturated carbocycles. The first-order valence-electron chi connectivity index (χ1n) is 5.90. The molecular formula is C12H13ClF3NO3S. The molecule has 1 aromatic carbocycles. The molecule has 0 atom stereocenters. The van der Waals surface area contributed by atoms with E-state index in [1.807, 2.05) is 0 Å². The SMILES string of the molecule is Cc1cc(C(=O)NCCCC(F)(F)F)cc(S(=O)(=O)Cl)c1. The summed E-state index contributed by atoms with van der Waals surface area (Å²) in [6.45, 7) is 1.42. The molecule has 0 aliphatic heterocycles. The van der Waals surface area contributed by atoms with E-state index in [4.69, 9.17) is 10.7 Å². The van der Waals surface area contributed by atoms with Crippen LogP contribution in [0.4, 0.5) is 13.2 Å². The summed E-state index contributed by atoms with van der Waals surface area (Å²) < 4.78 is 58.3. The number of aryl methyl sites for hydroxylation is 1. The summed E-state index contributed by atoms with van der Waals surface area (Å²) >= 11 is 0. The number of carbonyl (C=O) groups is 1. The number of hydrogen-bond acceptors (Lipinski definition) is 3. The zero-order valence-corrected chi connectivity index (χ0v) is 12.6. The van der Waals surface area contributed by atoms with Gasteiger partial charge in [0.15, 0.2) is 0 Å². The van der Waals surface area contributed by atoms with Gasteiger partial charge in [0, 0.05) is 29.2 Å². The van der Waals surface area contributed by atoms with Gasteiger partial charge in [-0.15, -0.1) is 0 Å². The lowest BCUT2D eigenvalue weighted by Crippen LogP contribution is -2.25. The van der Waals surface area contributed by atoms with Gasteiger partial charge in [-0.25, -0.2) is 8.42 Å². The van der Waals surface area contributed by atoms with E-state index >= 15 is 0 Å². The number of rotatable bonds is 5. The van der Waals surface area contributed by atoms with E-state index in [1.165, 1.54) is 12.1 Å². The molecule has 0 saturated heterocycles. The Labute approximate surface area is 124 Å². The van der Waals surface area contributed by atoms with E-state index in [9.17, 15) is 26.4 Å². The number of benzene rings is 1. The topological polar surface area (TPSA) is 63.2 Å². The molecular weight excluding hydrogens is 331 g/mol. The fourth-order valence-electron chi connectivity index (χ4n) is 1.61. The number of alkyl halides is 3. The minimum absolute atomic E-state index is 0.0289. The molecule has 0 bridgehead atoms. The van der Waals surface area contributed by atoms with Crippen molar-refractivity contribution >= 4 is 25.6 Å². The van der Waals surface area contributed by atoms with Crippen LogP contribution < -0.4 is 5.32 Å². The second kappa shape index (κ2) is 6.65. The predicted molar refractivity (Wildman–Crippen MR) is 71.8 cm³/mol. The van der Waals surface area contributed by atoms with E-state index < -0.39 is 27.6 Å². The van der Waals surface area contributed by atoms with Crippen molar-refractivity contribution in [2.75, 3.05) is 6.54 Å². The molecule has 1 N–H and O–H groups in total. The first kappa shape index (κ1) is 17.8. The third kappa shape index (κ3) is 6.34. The quantitative estimate of drug-likeness (QED) is 0.660. The average Bonchev–Trinajstić information content (AvgIpc) is 2.31. The monoisotopic (exact) mass is 343 g/mol. The Bertz CT molecular complexity index is 629. The van der Waals surface area contributed by atoms with Gasteiger partial charge in [0.1, 0.15) is 0 Å². The van der Waals surface area contributed by atoms with Crippen LogP contribution in [-0.2, 0) is 9.05 Å². The van der Waals surface area contributed by atoms with Gasteiger partial charge < -0.3 is 5.32 Å². The highest BCUT2D eigenvalue weighted by Crippen LogP contribution is 2.21. The summed E-state index contributed by atoms with van der Waals surface area (Å²) in [6, 6.07) is 3.79. The Hall–Kier alpha value is -1.28. The van der Waals surface area contributed by atoms with Crippen molar-refractivity contribution in [3.63, 3.8) is 0 Å². The van der Waals surface area contributed by atoms with Crippen LogP contribution in [0, 0.1) is 6.92 Å². The Kier molecular flexibility index (Phi) is 5.63. The normalized spacial score (nSPS) is 12.2. The molecule has 1 amide bonds. The smallest absolute Gasteiger partial charge is 0.352 e. The van der Waals surface area contributed by atoms with Crippen molar-refractivity contribution in [2.24, 2.45) is 0 Å². The molecule has 118 valence electrons. The molecule has 0 radical (unpaired) electrons. The fourth-order valence-corrected chi connectivity index (χ4v) is 2.47. The minimum atomic E-state index is -4.27. The highest BCUT2D eigenvalue weighted by Gasteiger charge is 2.26. The Morgan fingerprint density at radius 3 is 2.43 bits per heavy atom. The molecule has 0 heterocycles. The van der Waals surface area contributed by atoms with Gasteiger partial charge in [-0.3, -0.25) is 4.79 Å². The van der Waals surface area contributed by atoms with Gasteiger partial charge in [0.25, 0.3) is 15.0 Å². The summed E-state index contributed by atoms with van der Waals surface area (Å²) in [7, 11) is 1.22. The average molecular weight is 344 g/mol. The largest absolute Gasteiger partial charge is 0.389 e. The number of halogens is 4. The Morgan fingerprint density at radius 2 is 1.90 bits per heavy atom. The zero-order valence-electron chi connectivity index (χ0n) is 11.0. The number of carbonyl (C=O) groups excluding carboxylic acids is 1. The Balaban J connectivity index is 2.73. The minimum Gasteiger partial charge on any atom is -0.352 e. The number of hydrogen-bond donors (Lipinski definition) is 1. The molecule has 0 aromatic heterocycles. The molecule has 1 aromatic rings. The van der Waals surface area contributed by atoms with Crippen molar-refractivity contribution in [3.05, 3.63) is 29.3 Å². The first-order valence-corrected chi connectivity index (χ1v) is 8.21. The maximum Gasteiger partial charge on any atom is 0.389 e. The molecule has 0 unspecified atom stereocenters. The van der Waals surface area contributed by atoms with Crippen molar-refractivity contribution in [1.82, 2.24) is 5.32 Å². The number of nitrogens with one attached hydrogen (secondary N) is 1. The van der Waals surface area contributed by atoms with Crippen LogP contribution in [0.2, 0.25) is 0 Å². The predicted octanol–water partition coefficient (Wildman–Crippen LogP) is 2.99. The molecule has 0 aliphatic carbocycles. The molecule has 0 aliphatic rings. The first-order chi connectivity index (χ1) is 9.49. The lowest BCUT2D eigenvalue weighted by Gasteiger charge is -2.09. The van der Waals surface area contributed by atoms with Crippen LogP contribution in [0.3, 0.4) is 0 Å². The van der Waals surface area contributed by atoms with Crippen molar-refractivity contribution in [1.29, 1.82) is 0 Å². The molecule has 21 heavy (non-hydrogen) atoms. The van der Waals surface area contributed by atoms with E-state index in [-0.39, 0.29) is 23.4 Å². The molecule has 9 heteroatoms. The highest BCUT2D eigenvalue weighted by molar-refractivity contribution is 8.13. The summed E-state index contributed by atoms with van der Waals surface area (Å²) in [5.74, 6) is -0.651. The third-order valence-corrected chi connectivity index (χ3v) is 3.85. The summed E-state index contributed by atoms with van der Waals surface area (Å²) in [5.41, 5.74) is 0.526.